The average Bonchev–Trinajstić information content (AvgIpc) is 2.80. The molecule has 1 amide bonds. The summed E-state index contributed by atoms with van der Waals surface area (Å²) < 4.78 is 39.0. The number of aliphatic carboxylic acids is 1. The molecular formula is C12H17F3N2O3. The lowest BCUT2D eigenvalue weighted by atomic mass is 9.86. The number of nitrogens with one attached hydrogen (secondary N) is 1. The van der Waals surface area contributed by atoms with Gasteiger partial charge in [-0.05, 0) is 13.3 Å². The Balaban J connectivity index is 2.81. The SMILES string of the molecule is C=CCNC(=O)C(C)N1CCC(C(=O)O)(C(F)(F)F)C1. The Morgan fingerprint density at radius 3 is 2.55 bits per heavy atom. The first-order chi connectivity index (χ1) is 9.15. The molecule has 0 radical (unpaired) electrons. The summed E-state index contributed by atoms with van der Waals surface area (Å²) in [6.45, 7) is 4.27. The number of hydrogen-bond acceptors (Lipinski definition) is 3. The van der Waals surface area contributed by atoms with E-state index in [-0.39, 0.29) is 13.1 Å². The number of likely N-dealkylation sites (tertiary alicyclic amines) is 1. The molecule has 0 aliphatic carbocycles. The van der Waals surface area contributed by atoms with E-state index in [1.54, 1.807) is 0 Å². The zero-order valence-electron chi connectivity index (χ0n) is 11.0. The summed E-state index contributed by atoms with van der Waals surface area (Å²) in [4.78, 5) is 23.9. The molecule has 1 heterocycles. The van der Waals surface area contributed by atoms with Crippen LogP contribution in [0.3, 0.4) is 0 Å². The van der Waals surface area contributed by atoms with Crippen molar-refractivity contribution in [3.63, 3.8) is 0 Å². The summed E-state index contributed by atoms with van der Waals surface area (Å²) in [5.41, 5.74) is -2.79. The Labute approximate surface area is 114 Å². The standard InChI is InChI=1S/C12H17F3N2O3/c1-3-5-16-9(18)8(2)17-6-4-11(7-17,10(19)20)12(13,14)15/h3,8H,1,4-7H2,2H3,(H,16,18)(H,19,20). The van der Waals surface area contributed by atoms with E-state index < -0.39 is 42.5 Å². The van der Waals surface area contributed by atoms with Crippen LogP contribution in [0.25, 0.3) is 0 Å². The van der Waals surface area contributed by atoms with Crippen LogP contribution in [0.5, 0.6) is 0 Å². The predicted molar refractivity (Wildman–Crippen MR) is 65.0 cm³/mol. The van der Waals surface area contributed by atoms with Crippen molar-refractivity contribution in [3.8, 4) is 0 Å². The number of nitrogens with zero attached hydrogens (tertiary/aromatic N) is 1. The van der Waals surface area contributed by atoms with Crippen LogP contribution in [-0.2, 0) is 9.59 Å². The van der Waals surface area contributed by atoms with Crippen LogP contribution in [0.1, 0.15) is 13.3 Å². The molecule has 0 bridgehead atoms. The molecule has 0 aromatic heterocycles. The Kier molecular flexibility index (Phi) is 4.80. The van der Waals surface area contributed by atoms with E-state index in [1.807, 2.05) is 0 Å². The van der Waals surface area contributed by atoms with Gasteiger partial charge >= 0.3 is 12.1 Å². The van der Waals surface area contributed by atoms with Crippen molar-refractivity contribution in [1.29, 1.82) is 0 Å². The topological polar surface area (TPSA) is 69.6 Å². The van der Waals surface area contributed by atoms with Gasteiger partial charge in [0.25, 0.3) is 0 Å². The van der Waals surface area contributed by atoms with E-state index >= 15 is 0 Å². The van der Waals surface area contributed by atoms with E-state index in [0.29, 0.717) is 0 Å². The van der Waals surface area contributed by atoms with Gasteiger partial charge in [-0.3, -0.25) is 14.5 Å². The number of halogens is 3. The minimum Gasteiger partial charge on any atom is -0.481 e. The first kappa shape index (κ1) is 16.5. The second kappa shape index (κ2) is 5.82. The van der Waals surface area contributed by atoms with Crippen LogP contribution < -0.4 is 5.32 Å². The predicted octanol–water partition coefficient (Wildman–Crippen LogP) is 1.02. The van der Waals surface area contributed by atoms with E-state index in [4.69, 9.17) is 5.11 Å². The molecule has 8 heteroatoms. The van der Waals surface area contributed by atoms with Gasteiger partial charge in [-0.15, -0.1) is 6.58 Å². The maximum absolute atomic E-state index is 13.0. The molecule has 1 aliphatic heterocycles. The first-order valence-electron chi connectivity index (χ1n) is 6.08. The average molecular weight is 294 g/mol. The number of amides is 1. The van der Waals surface area contributed by atoms with Crippen LogP contribution in [0.4, 0.5) is 13.2 Å². The summed E-state index contributed by atoms with van der Waals surface area (Å²) in [5.74, 6) is -2.35. The molecule has 1 saturated heterocycles. The van der Waals surface area contributed by atoms with Gasteiger partial charge in [0.2, 0.25) is 5.91 Å². The number of alkyl halides is 3. The fourth-order valence-corrected chi connectivity index (χ4v) is 2.18. The third kappa shape index (κ3) is 2.95. The van der Waals surface area contributed by atoms with Crippen molar-refractivity contribution in [2.75, 3.05) is 19.6 Å². The molecule has 2 N–H and O–H groups in total. The lowest BCUT2D eigenvalue weighted by Crippen LogP contribution is -2.50. The molecule has 0 aromatic rings. The monoisotopic (exact) mass is 294 g/mol. The summed E-state index contributed by atoms with van der Waals surface area (Å²) >= 11 is 0. The highest BCUT2D eigenvalue weighted by molar-refractivity contribution is 5.82. The van der Waals surface area contributed by atoms with Crippen molar-refractivity contribution in [2.45, 2.75) is 25.6 Å². The van der Waals surface area contributed by atoms with Gasteiger partial charge in [-0.1, -0.05) is 6.08 Å². The van der Waals surface area contributed by atoms with Crippen molar-refractivity contribution >= 4 is 11.9 Å². The van der Waals surface area contributed by atoms with Gasteiger partial charge in [-0.2, -0.15) is 13.2 Å². The lowest BCUT2D eigenvalue weighted by molar-refractivity contribution is -0.227. The van der Waals surface area contributed by atoms with Gasteiger partial charge in [0.05, 0.1) is 6.04 Å². The number of hydrogen-bond donors (Lipinski definition) is 2. The maximum Gasteiger partial charge on any atom is 0.406 e. The van der Waals surface area contributed by atoms with Gasteiger partial charge in [0, 0.05) is 19.6 Å². The number of rotatable bonds is 5. The van der Waals surface area contributed by atoms with Crippen molar-refractivity contribution in [1.82, 2.24) is 10.2 Å². The molecule has 0 saturated carbocycles. The van der Waals surface area contributed by atoms with Gasteiger partial charge in [-0.25, -0.2) is 0 Å². The number of carboxylic acids is 1. The Morgan fingerprint density at radius 2 is 2.15 bits per heavy atom. The Morgan fingerprint density at radius 1 is 1.55 bits per heavy atom. The molecular weight excluding hydrogens is 277 g/mol. The van der Waals surface area contributed by atoms with Crippen molar-refractivity contribution in [3.05, 3.63) is 12.7 Å². The van der Waals surface area contributed by atoms with Gasteiger partial charge in [0.1, 0.15) is 0 Å². The minimum atomic E-state index is -4.84. The fraction of sp³-hybridized carbons (Fsp3) is 0.667. The Bertz CT molecular complexity index is 411. The van der Waals surface area contributed by atoms with Crippen LogP contribution in [0.2, 0.25) is 0 Å². The lowest BCUT2D eigenvalue weighted by Gasteiger charge is -2.29. The van der Waals surface area contributed by atoms with Gasteiger partial charge < -0.3 is 10.4 Å². The summed E-state index contributed by atoms with van der Waals surface area (Å²) in [6, 6.07) is -0.821. The molecule has 1 aliphatic rings. The highest BCUT2D eigenvalue weighted by Gasteiger charge is 2.64. The van der Waals surface area contributed by atoms with E-state index in [2.05, 4.69) is 11.9 Å². The molecule has 1 fully saturated rings. The molecule has 0 aromatic carbocycles. The van der Waals surface area contributed by atoms with E-state index in [9.17, 15) is 22.8 Å². The van der Waals surface area contributed by atoms with Crippen molar-refractivity contribution < 1.29 is 27.9 Å². The molecule has 1 rings (SSSR count). The highest BCUT2D eigenvalue weighted by atomic mass is 19.4. The van der Waals surface area contributed by atoms with Gasteiger partial charge in [0.15, 0.2) is 5.41 Å². The zero-order chi connectivity index (χ0) is 15.6. The smallest absolute Gasteiger partial charge is 0.406 e. The molecule has 0 spiro atoms. The number of carboxylic acid groups (broad SMARTS) is 1. The Hall–Kier alpha value is -1.57. The largest absolute Gasteiger partial charge is 0.481 e. The second-order valence-electron chi connectivity index (χ2n) is 4.82. The molecule has 2 atom stereocenters. The number of carbonyl (C=O) groups excluding carboxylic acids is 1. The first-order valence-corrected chi connectivity index (χ1v) is 6.08. The third-order valence-corrected chi connectivity index (χ3v) is 3.60. The highest BCUT2D eigenvalue weighted by Crippen LogP contribution is 2.46. The summed E-state index contributed by atoms with van der Waals surface area (Å²) in [6.07, 6.45) is -3.94. The fourth-order valence-electron chi connectivity index (χ4n) is 2.18. The van der Waals surface area contributed by atoms with Crippen LogP contribution in [-0.4, -0.2) is 53.7 Å². The molecule has 20 heavy (non-hydrogen) atoms. The quantitative estimate of drug-likeness (QED) is 0.743. The summed E-state index contributed by atoms with van der Waals surface area (Å²) in [7, 11) is 0. The minimum absolute atomic E-state index is 0.0888. The molecule has 114 valence electrons. The van der Waals surface area contributed by atoms with Crippen molar-refractivity contribution in [2.24, 2.45) is 5.41 Å². The van der Waals surface area contributed by atoms with Crippen LogP contribution in [0, 0.1) is 5.41 Å². The second-order valence-corrected chi connectivity index (χ2v) is 4.82. The van der Waals surface area contributed by atoms with E-state index in [1.165, 1.54) is 17.9 Å². The number of carbonyl (C=O) groups is 2. The molecule has 2 unspecified atom stereocenters. The summed E-state index contributed by atoms with van der Waals surface area (Å²) in [5, 5.41) is 11.4. The van der Waals surface area contributed by atoms with Crippen LogP contribution >= 0.6 is 0 Å². The molecule has 5 nitrogen and oxygen atoms in total. The van der Waals surface area contributed by atoms with Crippen LogP contribution in [0.15, 0.2) is 12.7 Å². The van der Waals surface area contributed by atoms with E-state index in [0.717, 1.165) is 0 Å². The third-order valence-electron chi connectivity index (χ3n) is 3.60. The normalized spacial score (nSPS) is 25.2. The zero-order valence-corrected chi connectivity index (χ0v) is 11.0. The maximum atomic E-state index is 13.0.